The van der Waals surface area contributed by atoms with E-state index in [0.29, 0.717) is 0 Å². The zero-order chi connectivity index (χ0) is 12.0. The average Bonchev–Trinajstić information content (AvgIpc) is 2.19. The first-order chi connectivity index (χ1) is 7.47. The van der Waals surface area contributed by atoms with E-state index in [2.05, 4.69) is 42.5 Å². The summed E-state index contributed by atoms with van der Waals surface area (Å²) in [6.07, 6.45) is 1.93. The summed E-state index contributed by atoms with van der Waals surface area (Å²) in [7, 11) is 0. The van der Waals surface area contributed by atoms with Gasteiger partial charge in [-0.1, -0.05) is 6.07 Å². The Balaban J connectivity index is 2.14. The van der Waals surface area contributed by atoms with Crippen molar-refractivity contribution in [2.45, 2.75) is 39.8 Å². The molecule has 0 bridgehead atoms. The molecule has 0 aromatic carbocycles. The average molecular weight is 221 g/mol. The fourth-order valence-corrected chi connectivity index (χ4v) is 1.36. The number of pyridine rings is 1. The zero-order valence-corrected chi connectivity index (χ0v) is 10.8. The van der Waals surface area contributed by atoms with E-state index in [-0.39, 0.29) is 5.54 Å². The largest absolute Gasteiger partial charge is 0.311 e. The molecular formula is C13H23N3. The van der Waals surface area contributed by atoms with Gasteiger partial charge in [0.25, 0.3) is 0 Å². The Bertz CT molecular complexity index is 298. The van der Waals surface area contributed by atoms with Crippen LogP contribution in [0.4, 0.5) is 0 Å². The summed E-state index contributed by atoms with van der Waals surface area (Å²) >= 11 is 0. The number of aryl methyl sites for hydroxylation is 1. The summed E-state index contributed by atoms with van der Waals surface area (Å²) in [5, 5.41) is 6.83. The quantitative estimate of drug-likeness (QED) is 0.745. The first kappa shape index (κ1) is 13.1. The summed E-state index contributed by atoms with van der Waals surface area (Å²) in [6.45, 7) is 11.4. The molecule has 0 aliphatic rings. The molecular weight excluding hydrogens is 198 g/mol. The third kappa shape index (κ3) is 5.83. The Kier molecular flexibility index (Phi) is 4.90. The molecule has 2 N–H and O–H groups in total. The second-order valence-corrected chi connectivity index (χ2v) is 5.16. The normalized spacial score (nSPS) is 11.8. The second-order valence-electron chi connectivity index (χ2n) is 5.16. The van der Waals surface area contributed by atoms with Crippen molar-refractivity contribution in [1.29, 1.82) is 0 Å². The van der Waals surface area contributed by atoms with Crippen LogP contribution in [0.1, 0.15) is 32.0 Å². The van der Waals surface area contributed by atoms with Gasteiger partial charge in [0.05, 0.1) is 0 Å². The molecule has 1 aromatic heterocycles. The third-order valence-electron chi connectivity index (χ3n) is 2.26. The molecule has 0 atom stereocenters. The smallest absolute Gasteiger partial charge is 0.0372 e. The Hall–Kier alpha value is -0.930. The topological polar surface area (TPSA) is 37.0 Å². The summed E-state index contributed by atoms with van der Waals surface area (Å²) < 4.78 is 0. The van der Waals surface area contributed by atoms with Crippen LogP contribution in [-0.2, 0) is 6.54 Å². The Morgan fingerprint density at radius 1 is 1.19 bits per heavy atom. The van der Waals surface area contributed by atoms with Gasteiger partial charge in [-0.05, 0) is 39.3 Å². The molecule has 1 aromatic rings. The highest BCUT2D eigenvalue weighted by molar-refractivity contribution is 5.12. The highest BCUT2D eigenvalue weighted by Gasteiger charge is 2.06. The van der Waals surface area contributed by atoms with Gasteiger partial charge in [-0.15, -0.1) is 0 Å². The third-order valence-corrected chi connectivity index (χ3v) is 2.26. The molecule has 16 heavy (non-hydrogen) atoms. The number of hydrogen-bond donors (Lipinski definition) is 2. The van der Waals surface area contributed by atoms with Crippen molar-refractivity contribution in [2.75, 3.05) is 13.1 Å². The van der Waals surface area contributed by atoms with Gasteiger partial charge >= 0.3 is 0 Å². The molecule has 0 saturated carbocycles. The first-order valence-corrected chi connectivity index (χ1v) is 5.85. The molecule has 1 heterocycles. The molecule has 0 saturated heterocycles. The minimum atomic E-state index is 0.201. The van der Waals surface area contributed by atoms with Crippen LogP contribution in [0.3, 0.4) is 0 Å². The molecule has 0 aliphatic carbocycles. The van der Waals surface area contributed by atoms with Crippen molar-refractivity contribution in [3.63, 3.8) is 0 Å². The fourth-order valence-electron chi connectivity index (χ4n) is 1.36. The summed E-state index contributed by atoms with van der Waals surface area (Å²) in [5.74, 6) is 0. The molecule has 0 aliphatic heterocycles. The lowest BCUT2D eigenvalue weighted by atomic mass is 10.1. The van der Waals surface area contributed by atoms with E-state index in [4.69, 9.17) is 0 Å². The van der Waals surface area contributed by atoms with Gasteiger partial charge in [0.15, 0.2) is 0 Å². The van der Waals surface area contributed by atoms with Crippen molar-refractivity contribution >= 4 is 0 Å². The van der Waals surface area contributed by atoms with Crippen molar-refractivity contribution in [1.82, 2.24) is 15.6 Å². The Morgan fingerprint density at radius 2 is 1.94 bits per heavy atom. The molecule has 3 heteroatoms. The van der Waals surface area contributed by atoms with Gasteiger partial charge in [-0.25, -0.2) is 0 Å². The predicted octanol–water partition coefficient (Wildman–Crippen LogP) is 1.87. The predicted molar refractivity (Wildman–Crippen MR) is 68.4 cm³/mol. The lowest BCUT2D eigenvalue weighted by Gasteiger charge is -2.20. The van der Waals surface area contributed by atoms with E-state index in [1.54, 1.807) is 0 Å². The van der Waals surface area contributed by atoms with Crippen LogP contribution < -0.4 is 10.6 Å². The number of hydrogen-bond acceptors (Lipinski definition) is 3. The maximum absolute atomic E-state index is 4.26. The summed E-state index contributed by atoms with van der Waals surface area (Å²) in [4.78, 5) is 4.26. The number of nitrogens with one attached hydrogen (secondary N) is 2. The van der Waals surface area contributed by atoms with E-state index in [9.17, 15) is 0 Å². The highest BCUT2D eigenvalue weighted by Crippen LogP contribution is 1.98. The summed E-state index contributed by atoms with van der Waals surface area (Å²) in [5.41, 5.74) is 2.51. The van der Waals surface area contributed by atoms with E-state index in [1.165, 1.54) is 5.56 Å². The zero-order valence-electron chi connectivity index (χ0n) is 10.8. The molecule has 0 fully saturated rings. The van der Waals surface area contributed by atoms with Crippen LogP contribution in [0.5, 0.6) is 0 Å². The van der Waals surface area contributed by atoms with E-state index < -0.39 is 0 Å². The molecule has 90 valence electrons. The molecule has 0 spiro atoms. The maximum Gasteiger partial charge on any atom is 0.0372 e. The fraction of sp³-hybridized carbons (Fsp3) is 0.615. The molecule has 0 amide bonds. The van der Waals surface area contributed by atoms with Crippen LogP contribution in [0.2, 0.25) is 0 Å². The summed E-state index contributed by atoms with van der Waals surface area (Å²) in [6, 6.07) is 4.16. The molecule has 3 nitrogen and oxygen atoms in total. The first-order valence-electron chi connectivity index (χ1n) is 5.85. The van der Waals surface area contributed by atoms with Crippen molar-refractivity contribution in [2.24, 2.45) is 0 Å². The lowest BCUT2D eigenvalue weighted by molar-refractivity contribution is 0.421. The monoisotopic (exact) mass is 221 g/mol. The van der Waals surface area contributed by atoms with Crippen LogP contribution in [0, 0.1) is 6.92 Å². The van der Waals surface area contributed by atoms with Crippen LogP contribution in [-0.4, -0.2) is 23.6 Å². The van der Waals surface area contributed by atoms with Gasteiger partial charge < -0.3 is 10.6 Å². The van der Waals surface area contributed by atoms with E-state index in [1.807, 2.05) is 19.2 Å². The van der Waals surface area contributed by atoms with Crippen LogP contribution in [0.25, 0.3) is 0 Å². The Morgan fingerprint density at radius 3 is 2.50 bits per heavy atom. The molecule has 0 radical (unpaired) electrons. The molecule has 1 rings (SSSR count). The SMILES string of the molecule is Cc1ccc(CNCCNC(C)(C)C)cn1. The number of nitrogens with zero attached hydrogens (tertiary/aromatic N) is 1. The van der Waals surface area contributed by atoms with Gasteiger partial charge in [0.1, 0.15) is 0 Å². The Labute approximate surface area is 98.7 Å². The van der Waals surface area contributed by atoms with Crippen LogP contribution in [0.15, 0.2) is 18.3 Å². The van der Waals surface area contributed by atoms with Gasteiger partial charge in [-0.2, -0.15) is 0 Å². The van der Waals surface area contributed by atoms with Crippen molar-refractivity contribution in [3.8, 4) is 0 Å². The van der Waals surface area contributed by atoms with Crippen molar-refractivity contribution in [3.05, 3.63) is 29.6 Å². The highest BCUT2D eigenvalue weighted by atomic mass is 15.0. The minimum absolute atomic E-state index is 0.201. The van der Waals surface area contributed by atoms with Gasteiger partial charge in [0.2, 0.25) is 0 Å². The van der Waals surface area contributed by atoms with Gasteiger partial charge in [-0.3, -0.25) is 4.98 Å². The lowest BCUT2D eigenvalue weighted by Crippen LogP contribution is -2.40. The number of rotatable bonds is 5. The van der Waals surface area contributed by atoms with Crippen LogP contribution >= 0.6 is 0 Å². The standard InChI is InChI=1S/C13H23N3/c1-11-5-6-12(10-15-11)9-14-7-8-16-13(2,3)4/h5-6,10,14,16H,7-9H2,1-4H3. The number of aromatic nitrogens is 1. The maximum atomic E-state index is 4.26. The van der Waals surface area contributed by atoms with Crippen molar-refractivity contribution < 1.29 is 0 Å². The van der Waals surface area contributed by atoms with Gasteiger partial charge in [0, 0.05) is 37.1 Å². The second kappa shape index (κ2) is 5.97. The van der Waals surface area contributed by atoms with E-state index in [0.717, 1.165) is 25.3 Å². The van der Waals surface area contributed by atoms with E-state index >= 15 is 0 Å². The minimum Gasteiger partial charge on any atom is -0.311 e. The molecule has 0 unspecified atom stereocenters.